The molecule has 1 aliphatic rings. The second-order valence-corrected chi connectivity index (χ2v) is 7.29. The number of para-hydroxylation sites is 1. The van der Waals surface area contributed by atoms with Crippen molar-refractivity contribution in [3.63, 3.8) is 0 Å². The maximum atomic E-state index is 12.0. The fraction of sp³-hybridized carbons (Fsp3) is 0.444. The topological polar surface area (TPSA) is 100 Å². The Kier molecular flexibility index (Phi) is 6.44. The van der Waals surface area contributed by atoms with Crippen LogP contribution in [-0.4, -0.2) is 46.6 Å². The molecule has 1 aromatic carbocycles. The first-order valence-corrected chi connectivity index (χ1v) is 9.69. The van der Waals surface area contributed by atoms with Crippen LogP contribution < -0.4 is 10.6 Å². The minimum Gasteiger partial charge on any atom is -0.343 e. The summed E-state index contributed by atoms with van der Waals surface area (Å²) >= 11 is 3.38. The number of nitrogens with zero attached hydrogens (tertiary/aromatic N) is 3. The first kappa shape index (κ1) is 19.3. The largest absolute Gasteiger partial charge is 0.343 e. The highest BCUT2D eigenvalue weighted by Gasteiger charge is 2.25. The van der Waals surface area contributed by atoms with Gasteiger partial charge in [0.2, 0.25) is 11.8 Å². The Morgan fingerprint density at radius 1 is 1.30 bits per heavy atom. The number of piperidine rings is 1. The number of benzene rings is 1. The van der Waals surface area contributed by atoms with Gasteiger partial charge < -0.3 is 20.1 Å². The number of amides is 3. The first-order valence-electron chi connectivity index (χ1n) is 8.90. The highest BCUT2D eigenvalue weighted by molar-refractivity contribution is 9.10. The van der Waals surface area contributed by atoms with Gasteiger partial charge in [-0.2, -0.15) is 4.98 Å². The van der Waals surface area contributed by atoms with E-state index in [1.807, 2.05) is 29.2 Å². The van der Waals surface area contributed by atoms with Crippen LogP contribution in [0.3, 0.4) is 0 Å². The van der Waals surface area contributed by atoms with E-state index in [1.165, 1.54) is 0 Å². The van der Waals surface area contributed by atoms with Crippen molar-refractivity contribution < 1.29 is 14.1 Å². The summed E-state index contributed by atoms with van der Waals surface area (Å²) in [5.41, 5.74) is 0.701. The third-order valence-electron chi connectivity index (χ3n) is 4.54. The normalized spacial score (nSPS) is 14.8. The Bertz CT molecular complexity index is 802. The number of aromatic nitrogens is 2. The highest BCUT2D eigenvalue weighted by atomic mass is 79.9. The Morgan fingerprint density at radius 2 is 2.04 bits per heavy atom. The van der Waals surface area contributed by atoms with Gasteiger partial charge in [0.25, 0.3) is 0 Å². The van der Waals surface area contributed by atoms with Crippen molar-refractivity contribution in [2.75, 3.05) is 25.0 Å². The summed E-state index contributed by atoms with van der Waals surface area (Å²) in [4.78, 5) is 29.6. The molecule has 0 radical (unpaired) electrons. The van der Waals surface area contributed by atoms with E-state index < -0.39 is 0 Å². The van der Waals surface area contributed by atoms with E-state index in [9.17, 15) is 9.59 Å². The second kappa shape index (κ2) is 8.98. The molecule has 0 unspecified atom stereocenters. The van der Waals surface area contributed by atoms with E-state index >= 15 is 0 Å². The number of halogens is 1. The molecule has 2 heterocycles. The van der Waals surface area contributed by atoms with Gasteiger partial charge in [0, 0.05) is 43.4 Å². The molecular formula is C18H22BrN5O3. The monoisotopic (exact) mass is 435 g/mol. The van der Waals surface area contributed by atoms with Crippen LogP contribution in [0, 0.1) is 0 Å². The van der Waals surface area contributed by atoms with Gasteiger partial charge in [0.15, 0.2) is 5.82 Å². The zero-order chi connectivity index (χ0) is 19.2. The summed E-state index contributed by atoms with van der Waals surface area (Å²) < 4.78 is 6.11. The lowest BCUT2D eigenvalue weighted by atomic mass is 9.96. The van der Waals surface area contributed by atoms with Crippen LogP contribution in [0.2, 0.25) is 0 Å². The Labute approximate surface area is 165 Å². The van der Waals surface area contributed by atoms with Gasteiger partial charge in [-0.05, 0) is 40.9 Å². The third kappa shape index (κ3) is 5.29. The zero-order valence-electron chi connectivity index (χ0n) is 15.1. The van der Waals surface area contributed by atoms with Crippen molar-refractivity contribution in [3.8, 4) is 0 Å². The van der Waals surface area contributed by atoms with E-state index in [0.29, 0.717) is 30.4 Å². The van der Waals surface area contributed by atoms with Gasteiger partial charge in [-0.1, -0.05) is 17.3 Å². The molecule has 27 heavy (non-hydrogen) atoms. The van der Waals surface area contributed by atoms with Crippen molar-refractivity contribution in [3.05, 3.63) is 40.5 Å². The predicted octanol–water partition coefficient (Wildman–Crippen LogP) is 2.92. The second-order valence-electron chi connectivity index (χ2n) is 6.44. The van der Waals surface area contributed by atoms with Crippen molar-refractivity contribution in [1.29, 1.82) is 0 Å². The lowest BCUT2D eigenvalue weighted by molar-refractivity contribution is -0.129. The van der Waals surface area contributed by atoms with E-state index in [0.717, 1.165) is 30.4 Å². The molecule has 9 heteroatoms. The number of hydrogen-bond donors (Lipinski definition) is 2. The third-order valence-corrected chi connectivity index (χ3v) is 5.23. The fourth-order valence-corrected chi connectivity index (χ4v) is 3.38. The van der Waals surface area contributed by atoms with Gasteiger partial charge in [-0.3, -0.25) is 4.79 Å². The van der Waals surface area contributed by atoms with Crippen LogP contribution in [0.5, 0.6) is 0 Å². The molecule has 3 rings (SSSR count). The highest BCUT2D eigenvalue weighted by Crippen LogP contribution is 2.26. The lowest BCUT2D eigenvalue weighted by Crippen LogP contribution is -2.36. The molecule has 144 valence electrons. The molecule has 3 amide bonds. The Balaban J connectivity index is 1.43. The maximum Gasteiger partial charge on any atom is 0.319 e. The zero-order valence-corrected chi connectivity index (χ0v) is 16.7. The molecule has 1 saturated heterocycles. The molecule has 1 aliphatic heterocycles. The molecule has 0 aliphatic carbocycles. The van der Waals surface area contributed by atoms with Gasteiger partial charge in [-0.15, -0.1) is 0 Å². The van der Waals surface area contributed by atoms with Crippen LogP contribution in [0.1, 0.15) is 37.4 Å². The summed E-state index contributed by atoms with van der Waals surface area (Å²) in [6, 6.07) is 7.10. The molecule has 1 fully saturated rings. The van der Waals surface area contributed by atoms with Crippen LogP contribution in [0.25, 0.3) is 0 Å². The standard InChI is InChI=1S/C18H22BrN5O3/c1-12(25)24-10-7-13(8-11-24)17-22-16(27-23-17)6-9-20-18(26)21-15-5-3-2-4-14(15)19/h2-5,13H,6-11H2,1H3,(H2,20,21,26). The van der Waals surface area contributed by atoms with E-state index in [-0.39, 0.29) is 17.9 Å². The van der Waals surface area contributed by atoms with Gasteiger partial charge in [0.1, 0.15) is 0 Å². The average molecular weight is 436 g/mol. The Morgan fingerprint density at radius 3 is 2.74 bits per heavy atom. The number of nitrogens with one attached hydrogen (secondary N) is 2. The molecule has 2 aromatic rings. The number of likely N-dealkylation sites (tertiary alicyclic amines) is 1. The van der Waals surface area contributed by atoms with E-state index in [4.69, 9.17) is 4.52 Å². The molecule has 1 aromatic heterocycles. The summed E-state index contributed by atoms with van der Waals surface area (Å²) in [6.07, 6.45) is 2.14. The summed E-state index contributed by atoms with van der Waals surface area (Å²) in [5, 5.41) is 9.60. The van der Waals surface area contributed by atoms with Gasteiger partial charge in [-0.25, -0.2) is 4.79 Å². The Hall–Kier alpha value is -2.42. The number of carbonyl (C=O) groups is 2. The molecular weight excluding hydrogens is 414 g/mol. The van der Waals surface area contributed by atoms with Crippen LogP contribution in [0.4, 0.5) is 10.5 Å². The van der Waals surface area contributed by atoms with Crippen LogP contribution in [0.15, 0.2) is 33.3 Å². The fourth-order valence-electron chi connectivity index (χ4n) is 3.00. The van der Waals surface area contributed by atoms with Gasteiger partial charge >= 0.3 is 6.03 Å². The maximum absolute atomic E-state index is 12.0. The molecule has 0 spiro atoms. The number of anilines is 1. The smallest absolute Gasteiger partial charge is 0.319 e. The van der Waals surface area contributed by atoms with Crippen molar-refractivity contribution in [2.24, 2.45) is 0 Å². The number of hydrogen-bond acceptors (Lipinski definition) is 5. The SMILES string of the molecule is CC(=O)N1CCC(c2noc(CCNC(=O)Nc3ccccc3Br)n2)CC1. The van der Waals surface area contributed by atoms with Crippen LogP contribution in [-0.2, 0) is 11.2 Å². The number of carbonyl (C=O) groups excluding carboxylic acids is 2. The van der Waals surface area contributed by atoms with Crippen molar-refractivity contribution in [1.82, 2.24) is 20.4 Å². The lowest BCUT2D eigenvalue weighted by Gasteiger charge is -2.29. The summed E-state index contributed by atoms with van der Waals surface area (Å²) in [5.74, 6) is 1.50. The minimum absolute atomic E-state index is 0.106. The van der Waals surface area contributed by atoms with Crippen molar-refractivity contribution >= 4 is 33.6 Å². The number of urea groups is 1. The molecule has 0 bridgehead atoms. The predicted molar refractivity (Wildman–Crippen MR) is 103 cm³/mol. The molecule has 0 saturated carbocycles. The minimum atomic E-state index is -0.293. The van der Waals surface area contributed by atoms with E-state index in [2.05, 4.69) is 36.7 Å². The van der Waals surface area contributed by atoms with Gasteiger partial charge in [0.05, 0.1) is 5.69 Å². The van der Waals surface area contributed by atoms with Crippen molar-refractivity contribution in [2.45, 2.75) is 32.1 Å². The summed E-state index contributed by atoms with van der Waals surface area (Å²) in [7, 11) is 0. The van der Waals surface area contributed by atoms with E-state index in [1.54, 1.807) is 6.92 Å². The summed E-state index contributed by atoms with van der Waals surface area (Å²) in [6.45, 7) is 3.43. The average Bonchev–Trinajstić information content (AvgIpc) is 3.12. The number of rotatable bonds is 5. The van der Waals surface area contributed by atoms with Crippen LogP contribution >= 0.6 is 15.9 Å². The molecule has 8 nitrogen and oxygen atoms in total. The molecule has 2 N–H and O–H groups in total. The first-order chi connectivity index (χ1) is 13.0. The quantitative estimate of drug-likeness (QED) is 0.751. The molecule has 0 atom stereocenters.